The van der Waals surface area contributed by atoms with Crippen molar-refractivity contribution in [1.82, 2.24) is 4.98 Å². The summed E-state index contributed by atoms with van der Waals surface area (Å²) < 4.78 is 27.0. The first-order valence-corrected chi connectivity index (χ1v) is 5.94. The minimum atomic E-state index is -1.21. The fraction of sp³-hybridized carbons (Fsp3) is 0.286. The van der Waals surface area contributed by atoms with E-state index >= 15 is 0 Å². The Morgan fingerprint density at radius 1 is 1.32 bits per heavy atom. The van der Waals surface area contributed by atoms with Gasteiger partial charge in [0.05, 0.1) is 5.56 Å². The summed E-state index contributed by atoms with van der Waals surface area (Å²) >= 11 is 0. The van der Waals surface area contributed by atoms with E-state index in [-0.39, 0.29) is 21.9 Å². The van der Waals surface area contributed by atoms with Crippen molar-refractivity contribution in [1.29, 1.82) is 0 Å². The molecule has 1 aromatic carbocycles. The smallest absolute Gasteiger partial charge is 0.336 e. The number of aromatic carboxylic acids is 1. The monoisotopic (exact) mass is 263 g/mol. The van der Waals surface area contributed by atoms with Gasteiger partial charge in [-0.25, -0.2) is 18.6 Å². The van der Waals surface area contributed by atoms with Crippen molar-refractivity contribution in [3.63, 3.8) is 0 Å². The van der Waals surface area contributed by atoms with Gasteiger partial charge in [0.1, 0.15) is 11.3 Å². The number of hydrogen-bond donors (Lipinski definition) is 1. The summed E-state index contributed by atoms with van der Waals surface area (Å²) in [6.07, 6.45) is 1.79. The zero-order chi connectivity index (χ0) is 13.8. The molecule has 0 spiro atoms. The van der Waals surface area contributed by atoms with Crippen LogP contribution in [0.4, 0.5) is 8.78 Å². The van der Waals surface area contributed by atoms with Gasteiger partial charge in [-0.15, -0.1) is 0 Å². The van der Waals surface area contributed by atoms with Gasteiger partial charge in [-0.05, 0) is 25.0 Å². The highest BCUT2D eigenvalue weighted by Crippen LogP contribution is 2.47. The zero-order valence-corrected chi connectivity index (χ0v) is 10.2. The van der Waals surface area contributed by atoms with Crippen LogP contribution in [0.2, 0.25) is 0 Å². The fourth-order valence-corrected chi connectivity index (χ4v) is 2.18. The molecule has 1 N–H and O–H groups in total. The van der Waals surface area contributed by atoms with Gasteiger partial charge in [0.2, 0.25) is 0 Å². The lowest BCUT2D eigenvalue weighted by atomic mass is 9.99. The van der Waals surface area contributed by atoms with Gasteiger partial charge < -0.3 is 5.11 Å². The van der Waals surface area contributed by atoms with Gasteiger partial charge in [0, 0.05) is 22.6 Å². The molecule has 0 bridgehead atoms. The number of carbonyl (C=O) groups is 1. The van der Waals surface area contributed by atoms with Crippen LogP contribution in [0.3, 0.4) is 0 Å². The van der Waals surface area contributed by atoms with Crippen LogP contribution in [0.1, 0.15) is 35.8 Å². The first-order chi connectivity index (χ1) is 8.90. The topological polar surface area (TPSA) is 50.2 Å². The molecule has 2 aromatic rings. The highest BCUT2D eigenvalue weighted by molar-refractivity contribution is 6.02. The Morgan fingerprint density at radius 3 is 2.58 bits per heavy atom. The molecule has 0 saturated heterocycles. The number of aromatic nitrogens is 1. The van der Waals surface area contributed by atoms with Crippen molar-refractivity contribution in [2.45, 2.75) is 25.2 Å². The molecule has 0 atom stereocenters. The van der Waals surface area contributed by atoms with Crippen molar-refractivity contribution < 1.29 is 18.7 Å². The molecule has 1 aliphatic rings. The number of rotatable bonds is 2. The fourth-order valence-electron chi connectivity index (χ4n) is 2.18. The molecule has 3 nitrogen and oxygen atoms in total. The van der Waals surface area contributed by atoms with Crippen LogP contribution in [-0.2, 0) is 5.41 Å². The summed E-state index contributed by atoms with van der Waals surface area (Å²) in [5.74, 6) is -2.84. The molecule has 98 valence electrons. The molecule has 1 saturated carbocycles. The van der Waals surface area contributed by atoms with E-state index in [1.54, 1.807) is 0 Å². The lowest BCUT2D eigenvalue weighted by Gasteiger charge is -2.12. The van der Waals surface area contributed by atoms with Crippen molar-refractivity contribution in [3.05, 3.63) is 41.1 Å². The Hall–Kier alpha value is -2.04. The Morgan fingerprint density at radius 2 is 2.00 bits per heavy atom. The second-order valence-corrected chi connectivity index (χ2v) is 5.20. The summed E-state index contributed by atoms with van der Waals surface area (Å²) in [7, 11) is 0. The van der Waals surface area contributed by atoms with E-state index in [0.717, 1.165) is 25.0 Å². The molecule has 1 fully saturated rings. The molecular weight excluding hydrogens is 252 g/mol. The maximum absolute atomic E-state index is 13.8. The number of hydrogen-bond acceptors (Lipinski definition) is 2. The lowest BCUT2D eigenvalue weighted by Crippen LogP contribution is -2.09. The minimum Gasteiger partial charge on any atom is -0.478 e. The van der Waals surface area contributed by atoms with Gasteiger partial charge in [0.25, 0.3) is 0 Å². The standard InChI is InChI=1S/C14H11F2NO2/c1-14(2-3-14)11-6-9(13(18)19)8-4-7(15)5-10(16)12(8)17-11/h4-6H,2-3H2,1H3,(H,18,19). The normalized spacial score (nSPS) is 16.6. The van der Waals surface area contributed by atoms with Crippen LogP contribution in [0, 0.1) is 11.6 Å². The number of carboxylic acids is 1. The van der Waals surface area contributed by atoms with Gasteiger partial charge >= 0.3 is 5.97 Å². The van der Waals surface area contributed by atoms with Gasteiger partial charge in [-0.1, -0.05) is 6.92 Å². The molecule has 1 aromatic heterocycles. The van der Waals surface area contributed by atoms with Crippen LogP contribution >= 0.6 is 0 Å². The minimum absolute atomic E-state index is 0.00185. The maximum Gasteiger partial charge on any atom is 0.336 e. The molecule has 1 aliphatic carbocycles. The van der Waals surface area contributed by atoms with Gasteiger partial charge in [0.15, 0.2) is 5.82 Å². The highest BCUT2D eigenvalue weighted by Gasteiger charge is 2.41. The average Bonchev–Trinajstić information content (AvgIpc) is 3.07. The number of nitrogens with zero attached hydrogens (tertiary/aromatic N) is 1. The van der Waals surface area contributed by atoms with E-state index in [9.17, 15) is 18.7 Å². The largest absolute Gasteiger partial charge is 0.478 e. The first-order valence-electron chi connectivity index (χ1n) is 5.94. The molecule has 19 heavy (non-hydrogen) atoms. The number of benzene rings is 1. The van der Waals surface area contributed by atoms with Gasteiger partial charge in [-0.3, -0.25) is 0 Å². The van der Waals surface area contributed by atoms with Crippen LogP contribution in [0.5, 0.6) is 0 Å². The third-order valence-electron chi connectivity index (χ3n) is 3.68. The van der Waals surface area contributed by atoms with Crippen molar-refractivity contribution in [2.24, 2.45) is 0 Å². The maximum atomic E-state index is 13.8. The third kappa shape index (κ3) is 1.85. The Kier molecular flexibility index (Phi) is 2.36. The van der Waals surface area contributed by atoms with Crippen molar-refractivity contribution in [2.75, 3.05) is 0 Å². The van der Waals surface area contributed by atoms with E-state index in [1.165, 1.54) is 6.07 Å². The van der Waals surface area contributed by atoms with Crippen molar-refractivity contribution in [3.8, 4) is 0 Å². The average molecular weight is 263 g/mol. The van der Waals surface area contributed by atoms with E-state index in [4.69, 9.17) is 0 Å². The predicted octanol–water partition coefficient (Wildman–Crippen LogP) is 3.26. The number of fused-ring (bicyclic) bond motifs is 1. The van der Waals surface area contributed by atoms with Crippen molar-refractivity contribution >= 4 is 16.9 Å². The molecule has 0 unspecified atom stereocenters. The Bertz CT molecular complexity index is 708. The SMILES string of the molecule is CC1(c2cc(C(=O)O)c3cc(F)cc(F)c3n2)CC1. The van der Waals surface area contributed by atoms with Crippen LogP contribution in [0.15, 0.2) is 18.2 Å². The second kappa shape index (κ2) is 3.73. The summed E-state index contributed by atoms with van der Waals surface area (Å²) in [4.78, 5) is 15.5. The van der Waals surface area contributed by atoms with E-state index in [2.05, 4.69) is 4.98 Å². The Balaban J connectivity index is 2.38. The molecule has 0 radical (unpaired) electrons. The predicted molar refractivity (Wildman–Crippen MR) is 65.2 cm³/mol. The molecule has 0 aliphatic heterocycles. The number of carboxylic acid groups (broad SMARTS) is 1. The molecule has 5 heteroatoms. The number of pyridine rings is 1. The summed E-state index contributed by atoms with van der Waals surface area (Å²) in [5, 5.41) is 9.20. The van der Waals surface area contributed by atoms with Crippen LogP contribution < -0.4 is 0 Å². The quantitative estimate of drug-likeness (QED) is 0.904. The summed E-state index contributed by atoms with van der Waals surface area (Å²) in [5.41, 5.74) is 0.193. The van der Waals surface area contributed by atoms with Gasteiger partial charge in [-0.2, -0.15) is 0 Å². The van der Waals surface area contributed by atoms with E-state index < -0.39 is 17.6 Å². The summed E-state index contributed by atoms with van der Waals surface area (Å²) in [6, 6.07) is 3.16. The summed E-state index contributed by atoms with van der Waals surface area (Å²) in [6.45, 7) is 1.95. The zero-order valence-electron chi connectivity index (χ0n) is 10.2. The molecule has 1 heterocycles. The third-order valence-corrected chi connectivity index (χ3v) is 3.68. The number of halogens is 2. The van der Waals surface area contributed by atoms with Crippen LogP contribution in [-0.4, -0.2) is 16.1 Å². The second-order valence-electron chi connectivity index (χ2n) is 5.20. The van der Waals surface area contributed by atoms with E-state index in [1.807, 2.05) is 6.92 Å². The molecule has 3 rings (SSSR count). The van der Waals surface area contributed by atoms with E-state index in [0.29, 0.717) is 5.69 Å². The molecular formula is C14H11F2NO2. The molecule has 0 amide bonds. The lowest BCUT2D eigenvalue weighted by molar-refractivity contribution is 0.0699. The van der Waals surface area contributed by atoms with Crippen LogP contribution in [0.25, 0.3) is 10.9 Å². The Labute approximate surface area is 107 Å². The highest BCUT2D eigenvalue weighted by atomic mass is 19.1. The first kappa shape index (κ1) is 12.0.